The van der Waals surface area contributed by atoms with Gasteiger partial charge in [-0.05, 0) is 46.8 Å². The Bertz CT molecular complexity index is 1030. The summed E-state index contributed by atoms with van der Waals surface area (Å²) in [6, 6.07) is 17.7. The van der Waals surface area contributed by atoms with Gasteiger partial charge in [0, 0.05) is 6.54 Å². The molecule has 0 aliphatic carbocycles. The number of carbonyl (C=O) groups excluding carboxylic acids is 3. The summed E-state index contributed by atoms with van der Waals surface area (Å²) in [5, 5.41) is 7.35. The van der Waals surface area contributed by atoms with Gasteiger partial charge in [0.1, 0.15) is 11.5 Å². The van der Waals surface area contributed by atoms with Crippen LogP contribution in [0, 0.1) is 0 Å². The molecule has 0 atom stereocenters. The molecule has 0 radical (unpaired) electrons. The summed E-state index contributed by atoms with van der Waals surface area (Å²) in [5.74, 6) is 0.120. The highest BCUT2D eigenvalue weighted by Crippen LogP contribution is 2.26. The number of hydrogen-bond donors (Lipinski definition) is 2. The molecule has 0 spiro atoms. The maximum atomic E-state index is 12.6. The molecule has 9 heteroatoms. The number of benzene rings is 2. The monoisotopic (exact) mass is 482 g/mol. The van der Waals surface area contributed by atoms with Gasteiger partial charge in [0.15, 0.2) is 6.61 Å². The smallest absolute Gasteiger partial charge is 0.308 e. The average Bonchev–Trinajstić information content (AvgIpc) is 3.41. The van der Waals surface area contributed by atoms with E-state index in [9.17, 15) is 14.4 Å². The number of amides is 2. The normalized spacial score (nSPS) is 10.4. The fourth-order valence-corrected chi connectivity index (χ4v) is 3.79. The molecule has 0 aliphatic rings. The Hall–Kier alpha value is -3.85. The van der Waals surface area contributed by atoms with E-state index in [0.29, 0.717) is 16.4 Å². The van der Waals surface area contributed by atoms with E-state index >= 15 is 0 Å². The predicted molar refractivity (Wildman–Crippen MR) is 128 cm³/mol. The number of nitrogens with one attached hydrogen (secondary N) is 2. The third-order valence-corrected chi connectivity index (χ3v) is 5.80. The van der Waals surface area contributed by atoms with E-state index in [0.717, 1.165) is 11.1 Å². The highest BCUT2D eigenvalue weighted by atomic mass is 32.1. The molecule has 0 saturated carbocycles. The maximum Gasteiger partial charge on any atom is 0.308 e. The zero-order chi connectivity index (χ0) is 24.3. The standard InChI is InChI=1S/C25H26N2O6S/c1-31-19-9-5-17(6-10-19)24(18-7-11-20(32-2)12-8-18)27-22(28)16-33-23(29)13-14-26-25(30)21-4-3-15-34-21/h3-12,15,24H,13-14,16H2,1-2H3,(H,26,30)(H,27,28). The van der Waals surface area contributed by atoms with Gasteiger partial charge in [-0.15, -0.1) is 11.3 Å². The maximum absolute atomic E-state index is 12.6. The number of hydrogen-bond acceptors (Lipinski definition) is 7. The van der Waals surface area contributed by atoms with Crippen LogP contribution in [0.4, 0.5) is 0 Å². The fourth-order valence-electron chi connectivity index (χ4n) is 3.15. The lowest BCUT2D eigenvalue weighted by molar-refractivity contribution is -0.148. The van der Waals surface area contributed by atoms with Crippen molar-refractivity contribution < 1.29 is 28.6 Å². The van der Waals surface area contributed by atoms with Gasteiger partial charge >= 0.3 is 5.97 Å². The van der Waals surface area contributed by atoms with Crippen molar-refractivity contribution in [1.82, 2.24) is 10.6 Å². The first-order chi connectivity index (χ1) is 16.5. The van der Waals surface area contributed by atoms with Crippen molar-refractivity contribution in [2.45, 2.75) is 12.5 Å². The second kappa shape index (κ2) is 12.4. The van der Waals surface area contributed by atoms with Crippen LogP contribution in [0.3, 0.4) is 0 Å². The second-order valence-corrected chi connectivity index (χ2v) is 8.14. The fraction of sp³-hybridized carbons (Fsp3) is 0.240. The number of ether oxygens (including phenoxy) is 3. The van der Waals surface area contributed by atoms with Crippen molar-refractivity contribution in [2.24, 2.45) is 0 Å². The summed E-state index contributed by atoms with van der Waals surface area (Å²) in [4.78, 5) is 37.0. The van der Waals surface area contributed by atoms with E-state index in [4.69, 9.17) is 14.2 Å². The van der Waals surface area contributed by atoms with E-state index in [-0.39, 0.29) is 18.9 Å². The van der Waals surface area contributed by atoms with Gasteiger partial charge in [-0.25, -0.2) is 0 Å². The third kappa shape index (κ3) is 7.08. The van der Waals surface area contributed by atoms with Crippen LogP contribution in [0.1, 0.15) is 33.3 Å². The molecule has 2 amide bonds. The first-order valence-corrected chi connectivity index (χ1v) is 11.4. The Morgan fingerprint density at radius 1 is 0.882 bits per heavy atom. The van der Waals surface area contributed by atoms with Gasteiger partial charge in [-0.2, -0.15) is 0 Å². The molecule has 0 saturated heterocycles. The van der Waals surface area contributed by atoms with Crippen LogP contribution in [-0.2, 0) is 14.3 Å². The number of thiophene rings is 1. The van der Waals surface area contributed by atoms with Crippen LogP contribution in [-0.4, -0.2) is 45.2 Å². The lowest BCUT2D eigenvalue weighted by Gasteiger charge is -2.20. The lowest BCUT2D eigenvalue weighted by atomic mass is 9.98. The van der Waals surface area contributed by atoms with Crippen LogP contribution in [0.5, 0.6) is 11.5 Å². The highest BCUT2D eigenvalue weighted by molar-refractivity contribution is 7.12. The van der Waals surface area contributed by atoms with Crippen molar-refractivity contribution in [3.05, 3.63) is 82.0 Å². The van der Waals surface area contributed by atoms with Crippen molar-refractivity contribution in [3.63, 3.8) is 0 Å². The second-order valence-electron chi connectivity index (χ2n) is 7.19. The minimum atomic E-state index is -0.577. The van der Waals surface area contributed by atoms with Crippen LogP contribution < -0.4 is 20.1 Å². The average molecular weight is 483 g/mol. The lowest BCUT2D eigenvalue weighted by Crippen LogP contribution is -2.33. The van der Waals surface area contributed by atoms with Gasteiger partial charge in [-0.3, -0.25) is 14.4 Å². The molecule has 8 nitrogen and oxygen atoms in total. The SMILES string of the molecule is COc1ccc(C(NC(=O)COC(=O)CCNC(=O)c2cccs2)c2ccc(OC)cc2)cc1. The number of carbonyl (C=O) groups is 3. The molecule has 0 bridgehead atoms. The first kappa shape index (κ1) is 24.8. The van der Waals surface area contributed by atoms with E-state index in [1.807, 2.05) is 48.5 Å². The molecule has 2 aromatic carbocycles. The Morgan fingerprint density at radius 3 is 1.97 bits per heavy atom. The largest absolute Gasteiger partial charge is 0.497 e. The van der Waals surface area contributed by atoms with Crippen molar-refractivity contribution >= 4 is 29.1 Å². The summed E-state index contributed by atoms with van der Waals surface area (Å²) < 4.78 is 15.5. The molecule has 1 heterocycles. The summed E-state index contributed by atoms with van der Waals surface area (Å²) in [5.41, 5.74) is 1.67. The molecule has 34 heavy (non-hydrogen) atoms. The van der Waals surface area contributed by atoms with Gasteiger partial charge in [-0.1, -0.05) is 30.3 Å². The third-order valence-electron chi connectivity index (χ3n) is 4.93. The van der Waals surface area contributed by atoms with Crippen molar-refractivity contribution in [1.29, 1.82) is 0 Å². The zero-order valence-electron chi connectivity index (χ0n) is 18.9. The molecule has 2 N–H and O–H groups in total. The van der Waals surface area contributed by atoms with Crippen LogP contribution in [0.25, 0.3) is 0 Å². The van der Waals surface area contributed by atoms with Crippen molar-refractivity contribution in [3.8, 4) is 11.5 Å². The number of esters is 1. The van der Waals surface area contributed by atoms with Gasteiger partial charge in [0.05, 0.1) is 31.6 Å². The van der Waals surface area contributed by atoms with E-state index in [1.54, 1.807) is 31.7 Å². The van der Waals surface area contributed by atoms with Crippen molar-refractivity contribution in [2.75, 3.05) is 27.4 Å². The first-order valence-electron chi connectivity index (χ1n) is 10.5. The molecule has 3 aromatic rings. The Kier molecular flexibility index (Phi) is 9.04. The van der Waals surface area contributed by atoms with E-state index in [2.05, 4.69) is 10.6 Å². The molecule has 0 unspecified atom stereocenters. The van der Waals surface area contributed by atoms with E-state index in [1.165, 1.54) is 11.3 Å². The summed E-state index contributed by atoms with van der Waals surface area (Å²) in [6.07, 6.45) is -0.0369. The molecule has 1 aromatic heterocycles. The molecule has 3 rings (SSSR count). The molecular formula is C25H26N2O6S. The van der Waals surface area contributed by atoms with E-state index < -0.39 is 24.5 Å². The molecule has 0 fully saturated rings. The quantitative estimate of drug-likeness (QED) is 0.407. The minimum absolute atomic E-state index is 0.0369. The zero-order valence-corrected chi connectivity index (χ0v) is 19.7. The Balaban J connectivity index is 1.55. The summed E-state index contributed by atoms with van der Waals surface area (Å²) in [7, 11) is 3.17. The summed E-state index contributed by atoms with van der Waals surface area (Å²) in [6.45, 7) is -0.308. The molecule has 0 aliphatic heterocycles. The minimum Gasteiger partial charge on any atom is -0.497 e. The summed E-state index contributed by atoms with van der Waals surface area (Å²) >= 11 is 1.31. The number of methoxy groups -OCH3 is 2. The van der Waals surface area contributed by atoms with Gasteiger partial charge < -0.3 is 24.8 Å². The predicted octanol–water partition coefficient (Wildman–Crippen LogP) is 3.33. The molecule has 178 valence electrons. The van der Waals surface area contributed by atoms with Crippen LogP contribution >= 0.6 is 11.3 Å². The van der Waals surface area contributed by atoms with Gasteiger partial charge in [0.2, 0.25) is 0 Å². The van der Waals surface area contributed by atoms with Gasteiger partial charge in [0.25, 0.3) is 11.8 Å². The Labute approximate surface area is 201 Å². The number of rotatable bonds is 11. The van der Waals surface area contributed by atoms with Crippen LogP contribution in [0.15, 0.2) is 66.0 Å². The highest BCUT2D eigenvalue weighted by Gasteiger charge is 2.18. The molecular weight excluding hydrogens is 456 g/mol. The van der Waals surface area contributed by atoms with Crippen LogP contribution in [0.2, 0.25) is 0 Å². The Morgan fingerprint density at radius 2 is 1.47 bits per heavy atom. The topological polar surface area (TPSA) is 103 Å².